The lowest BCUT2D eigenvalue weighted by atomic mass is 10.0. The van der Waals surface area contributed by atoms with Crippen molar-refractivity contribution in [3.8, 4) is 11.5 Å². The number of carbonyl (C=O) groups excluding carboxylic acids is 1. The van der Waals surface area contributed by atoms with Crippen LogP contribution in [0, 0.1) is 11.7 Å². The molecule has 0 aliphatic heterocycles. The van der Waals surface area contributed by atoms with Gasteiger partial charge in [-0.3, -0.25) is 0 Å². The number of rotatable bonds is 6. The summed E-state index contributed by atoms with van der Waals surface area (Å²) < 4.78 is 23.4. The normalized spacial score (nSPS) is 13.8. The first-order valence-electron chi connectivity index (χ1n) is 8.08. The Balaban J connectivity index is 1.91. The predicted octanol–water partition coefficient (Wildman–Crippen LogP) is 4.28. The highest BCUT2D eigenvalue weighted by Crippen LogP contribution is 2.33. The van der Waals surface area contributed by atoms with E-state index in [1.54, 1.807) is 30.4 Å². The van der Waals surface area contributed by atoms with Crippen LogP contribution in [0.4, 0.5) is 4.39 Å². The topological polar surface area (TPSA) is 55.8 Å². The minimum Gasteiger partial charge on any atom is -0.507 e. The Bertz CT molecular complexity index is 792. The van der Waals surface area contributed by atoms with Gasteiger partial charge in [0.1, 0.15) is 22.9 Å². The van der Waals surface area contributed by atoms with Crippen molar-refractivity contribution in [3.05, 3.63) is 58.9 Å². The molecular formula is C20H19FO4. The summed E-state index contributed by atoms with van der Waals surface area (Å²) in [6.07, 6.45) is 5.71. The van der Waals surface area contributed by atoms with Gasteiger partial charge in [0.2, 0.25) is 0 Å². The molecule has 2 aromatic rings. The Morgan fingerprint density at radius 3 is 2.60 bits per heavy atom. The van der Waals surface area contributed by atoms with Gasteiger partial charge in [0.05, 0.1) is 13.7 Å². The van der Waals surface area contributed by atoms with Crippen molar-refractivity contribution >= 4 is 18.1 Å². The number of benzene rings is 2. The van der Waals surface area contributed by atoms with E-state index in [1.165, 1.54) is 25.3 Å². The van der Waals surface area contributed by atoms with Crippen LogP contribution in [0.15, 0.2) is 36.4 Å². The molecule has 0 saturated heterocycles. The Kier molecular flexibility index (Phi) is 5.03. The van der Waals surface area contributed by atoms with Crippen molar-refractivity contribution in [3.63, 3.8) is 0 Å². The minimum absolute atomic E-state index is 0.0691. The van der Waals surface area contributed by atoms with E-state index in [-0.39, 0.29) is 17.1 Å². The summed E-state index contributed by atoms with van der Waals surface area (Å²) in [6, 6.07) is 9.06. The Hall–Kier alpha value is -2.82. The molecule has 25 heavy (non-hydrogen) atoms. The maximum absolute atomic E-state index is 13.0. The van der Waals surface area contributed by atoms with Crippen LogP contribution in [0.3, 0.4) is 0 Å². The molecule has 3 rings (SSSR count). The number of carbonyl (C=O) groups is 1. The molecule has 1 aliphatic rings. The van der Waals surface area contributed by atoms with Gasteiger partial charge in [0, 0.05) is 6.07 Å². The molecule has 2 aromatic carbocycles. The number of methoxy groups -OCH3 is 1. The summed E-state index contributed by atoms with van der Waals surface area (Å²) in [5.41, 5.74) is 1.31. The van der Waals surface area contributed by atoms with Crippen LogP contribution in [0.1, 0.15) is 34.3 Å². The second kappa shape index (κ2) is 7.38. The first-order chi connectivity index (χ1) is 12.1. The summed E-state index contributed by atoms with van der Waals surface area (Å²) in [5, 5.41) is 10.2. The number of esters is 1. The minimum atomic E-state index is -0.634. The van der Waals surface area contributed by atoms with E-state index in [9.17, 15) is 14.3 Å². The smallest absolute Gasteiger partial charge is 0.342 e. The van der Waals surface area contributed by atoms with Gasteiger partial charge in [0.15, 0.2) is 0 Å². The van der Waals surface area contributed by atoms with E-state index < -0.39 is 5.97 Å². The average Bonchev–Trinajstić information content (AvgIpc) is 3.43. The summed E-state index contributed by atoms with van der Waals surface area (Å²) in [4.78, 5) is 12.0. The van der Waals surface area contributed by atoms with E-state index in [0.717, 1.165) is 18.4 Å². The van der Waals surface area contributed by atoms with Gasteiger partial charge < -0.3 is 14.6 Å². The molecule has 0 bridgehead atoms. The zero-order valence-electron chi connectivity index (χ0n) is 13.9. The highest BCUT2D eigenvalue weighted by atomic mass is 19.1. The summed E-state index contributed by atoms with van der Waals surface area (Å²) >= 11 is 0. The monoisotopic (exact) mass is 342 g/mol. The summed E-state index contributed by atoms with van der Waals surface area (Å²) in [5.74, 6) is -0.0825. The van der Waals surface area contributed by atoms with Crippen molar-refractivity contribution in [1.82, 2.24) is 0 Å². The summed E-state index contributed by atoms with van der Waals surface area (Å²) in [7, 11) is 1.26. The van der Waals surface area contributed by atoms with Gasteiger partial charge >= 0.3 is 5.97 Å². The number of phenols is 1. The quantitative estimate of drug-likeness (QED) is 0.629. The van der Waals surface area contributed by atoms with Crippen molar-refractivity contribution < 1.29 is 23.8 Å². The van der Waals surface area contributed by atoms with Gasteiger partial charge in [0.25, 0.3) is 0 Å². The van der Waals surface area contributed by atoms with Gasteiger partial charge in [-0.1, -0.05) is 24.3 Å². The van der Waals surface area contributed by atoms with E-state index in [2.05, 4.69) is 0 Å². The Morgan fingerprint density at radius 1 is 1.24 bits per heavy atom. The van der Waals surface area contributed by atoms with E-state index >= 15 is 0 Å². The molecule has 0 radical (unpaired) electrons. The molecule has 1 fully saturated rings. The lowest BCUT2D eigenvalue weighted by molar-refractivity contribution is 0.0597. The van der Waals surface area contributed by atoms with Crippen molar-refractivity contribution in [2.75, 3.05) is 13.7 Å². The van der Waals surface area contributed by atoms with E-state index in [1.807, 2.05) is 0 Å². The maximum Gasteiger partial charge on any atom is 0.342 e. The zero-order chi connectivity index (χ0) is 17.8. The van der Waals surface area contributed by atoms with E-state index in [0.29, 0.717) is 23.8 Å². The predicted molar refractivity (Wildman–Crippen MR) is 93.0 cm³/mol. The third-order valence-electron chi connectivity index (χ3n) is 4.02. The third-order valence-corrected chi connectivity index (χ3v) is 4.02. The van der Waals surface area contributed by atoms with Crippen LogP contribution in [0.2, 0.25) is 0 Å². The molecule has 4 nitrogen and oxygen atoms in total. The second-order valence-electron chi connectivity index (χ2n) is 6.04. The molecule has 1 saturated carbocycles. The van der Waals surface area contributed by atoms with Crippen LogP contribution < -0.4 is 4.74 Å². The van der Waals surface area contributed by atoms with Gasteiger partial charge in [-0.25, -0.2) is 9.18 Å². The highest BCUT2D eigenvalue weighted by molar-refractivity contribution is 5.98. The number of hydrogen-bond donors (Lipinski definition) is 1. The third kappa shape index (κ3) is 4.38. The lowest BCUT2D eigenvalue weighted by Gasteiger charge is -2.11. The SMILES string of the molecule is COC(=O)c1c(O)cc(OCC2CC2)cc1/C=C/c1ccc(F)cc1. The van der Waals surface area contributed by atoms with Crippen molar-refractivity contribution in [2.45, 2.75) is 12.8 Å². The Labute approximate surface area is 145 Å². The molecule has 0 amide bonds. The van der Waals surface area contributed by atoms with Crippen molar-refractivity contribution in [1.29, 1.82) is 0 Å². The first-order valence-corrected chi connectivity index (χ1v) is 8.08. The molecule has 0 unspecified atom stereocenters. The molecular weight excluding hydrogens is 323 g/mol. The average molecular weight is 342 g/mol. The largest absolute Gasteiger partial charge is 0.507 e. The zero-order valence-corrected chi connectivity index (χ0v) is 13.9. The molecule has 0 heterocycles. The van der Waals surface area contributed by atoms with Crippen LogP contribution in [0.25, 0.3) is 12.2 Å². The van der Waals surface area contributed by atoms with Crippen LogP contribution in [-0.4, -0.2) is 24.8 Å². The number of aromatic hydroxyl groups is 1. The van der Waals surface area contributed by atoms with Gasteiger partial charge in [-0.05, 0) is 48.1 Å². The van der Waals surface area contributed by atoms with E-state index in [4.69, 9.17) is 9.47 Å². The molecule has 1 N–H and O–H groups in total. The molecule has 0 spiro atoms. The van der Waals surface area contributed by atoms with Crippen LogP contribution >= 0.6 is 0 Å². The molecule has 0 atom stereocenters. The highest BCUT2D eigenvalue weighted by Gasteiger charge is 2.23. The first kappa shape index (κ1) is 17.0. The number of ether oxygens (including phenoxy) is 2. The fourth-order valence-electron chi connectivity index (χ4n) is 2.42. The number of phenolic OH excluding ortho intramolecular Hbond substituents is 1. The van der Waals surface area contributed by atoms with Gasteiger partial charge in [-0.2, -0.15) is 0 Å². The van der Waals surface area contributed by atoms with Crippen LogP contribution in [-0.2, 0) is 4.74 Å². The molecule has 0 aromatic heterocycles. The van der Waals surface area contributed by atoms with Gasteiger partial charge in [-0.15, -0.1) is 0 Å². The molecule has 130 valence electrons. The second-order valence-corrected chi connectivity index (χ2v) is 6.04. The maximum atomic E-state index is 13.0. The molecule has 5 heteroatoms. The Morgan fingerprint density at radius 2 is 1.96 bits per heavy atom. The number of halogens is 1. The lowest BCUT2D eigenvalue weighted by Crippen LogP contribution is -2.06. The standard InChI is InChI=1S/C20H19FO4/c1-24-20(23)19-15(7-4-13-5-8-16(21)9-6-13)10-17(11-18(19)22)25-12-14-2-3-14/h4-11,14,22H,2-3,12H2,1H3/b7-4+. The fourth-order valence-corrected chi connectivity index (χ4v) is 2.42. The van der Waals surface area contributed by atoms with Crippen LogP contribution in [0.5, 0.6) is 11.5 Å². The number of hydrogen-bond acceptors (Lipinski definition) is 4. The summed E-state index contributed by atoms with van der Waals surface area (Å²) in [6.45, 7) is 0.595. The fraction of sp³-hybridized carbons (Fsp3) is 0.250. The molecule has 1 aliphatic carbocycles. The van der Waals surface area contributed by atoms with Crippen molar-refractivity contribution in [2.24, 2.45) is 5.92 Å².